The molecule has 0 aliphatic heterocycles. The maximum atomic E-state index is 13.5. The van der Waals surface area contributed by atoms with Crippen molar-refractivity contribution in [2.75, 3.05) is 19.1 Å². The second-order valence-electron chi connectivity index (χ2n) is 7.03. The number of ether oxygens (including phenoxy) is 2. The Morgan fingerprint density at radius 1 is 0.844 bits per heavy atom. The maximum absolute atomic E-state index is 13.5. The summed E-state index contributed by atoms with van der Waals surface area (Å²) in [4.78, 5) is 19.4. The van der Waals surface area contributed by atoms with Gasteiger partial charge in [0, 0.05) is 0 Å². The number of anilines is 1. The fourth-order valence-electron chi connectivity index (χ4n) is 3.30. The topological polar surface area (TPSA) is 71.4 Å². The lowest BCUT2D eigenvalue weighted by molar-refractivity contribution is 0.100. The van der Waals surface area contributed by atoms with Gasteiger partial charge >= 0.3 is 0 Å². The van der Waals surface area contributed by atoms with E-state index in [1.54, 1.807) is 74.9 Å². The van der Waals surface area contributed by atoms with Gasteiger partial charge in [-0.2, -0.15) is 0 Å². The molecule has 4 aromatic carbocycles. The van der Waals surface area contributed by atoms with Crippen molar-refractivity contribution in [3.05, 3.63) is 90.5 Å². The van der Waals surface area contributed by atoms with Crippen LogP contribution in [0.5, 0.6) is 17.2 Å². The number of benzene rings is 4. The van der Waals surface area contributed by atoms with E-state index in [9.17, 15) is 9.90 Å². The van der Waals surface area contributed by atoms with Crippen LogP contribution in [0.3, 0.4) is 0 Å². The summed E-state index contributed by atoms with van der Waals surface area (Å²) < 4.78 is 10.4. The van der Waals surface area contributed by atoms with Gasteiger partial charge in [0.2, 0.25) is 0 Å². The van der Waals surface area contributed by atoms with Crippen molar-refractivity contribution in [2.45, 2.75) is 0 Å². The Hall–Kier alpha value is -4.32. The maximum Gasteiger partial charge on any atom is 0.267 e. The molecule has 0 aromatic heterocycles. The standard InChI is InChI=1S/C26H22N2O4/c1-31-22-11-7-20(8-12-22)27-17-28(21-9-13-23(32-2)14-10-21)26(30)24-15-18-5-3-4-6-19(18)16-25(24)29/h3-17,29H,1-2H3. The zero-order valence-electron chi connectivity index (χ0n) is 17.7. The fraction of sp³-hybridized carbons (Fsp3) is 0.0769. The molecule has 160 valence electrons. The molecule has 0 fully saturated rings. The van der Waals surface area contributed by atoms with Gasteiger partial charge in [-0.05, 0) is 71.4 Å². The monoisotopic (exact) mass is 426 g/mol. The third-order valence-corrected chi connectivity index (χ3v) is 5.06. The Morgan fingerprint density at radius 3 is 2.00 bits per heavy atom. The van der Waals surface area contributed by atoms with Crippen LogP contribution in [0.4, 0.5) is 11.4 Å². The van der Waals surface area contributed by atoms with Crippen LogP contribution in [0.25, 0.3) is 10.8 Å². The Kier molecular flexibility index (Phi) is 6.03. The van der Waals surface area contributed by atoms with Crippen LogP contribution in [-0.4, -0.2) is 31.6 Å². The van der Waals surface area contributed by atoms with Crippen LogP contribution < -0.4 is 14.4 Å². The van der Waals surface area contributed by atoms with E-state index in [0.717, 1.165) is 10.8 Å². The van der Waals surface area contributed by atoms with Gasteiger partial charge < -0.3 is 14.6 Å². The number of carbonyl (C=O) groups is 1. The van der Waals surface area contributed by atoms with Crippen LogP contribution in [0.15, 0.2) is 89.9 Å². The van der Waals surface area contributed by atoms with Crippen molar-refractivity contribution in [1.82, 2.24) is 0 Å². The van der Waals surface area contributed by atoms with Crippen molar-refractivity contribution >= 4 is 34.4 Å². The molecule has 1 amide bonds. The van der Waals surface area contributed by atoms with Crippen LogP contribution in [-0.2, 0) is 0 Å². The van der Waals surface area contributed by atoms with Crippen LogP contribution in [0.2, 0.25) is 0 Å². The number of hydrogen-bond donors (Lipinski definition) is 1. The van der Waals surface area contributed by atoms with Crippen LogP contribution >= 0.6 is 0 Å². The van der Waals surface area contributed by atoms with E-state index in [1.807, 2.05) is 24.3 Å². The first kappa shape index (κ1) is 20.9. The zero-order valence-corrected chi connectivity index (χ0v) is 17.7. The molecule has 0 bridgehead atoms. The van der Waals surface area contributed by atoms with Gasteiger partial charge in [0.05, 0.1) is 31.2 Å². The van der Waals surface area contributed by atoms with Gasteiger partial charge in [-0.3, -0.25) is 9.69 Å². The van der Waals surface area contributed by atoms with Crippen LogP contribution in [0, 0.1) is 0 Å². The third kappa shape index (κ3) is 4.39. The van der Waals surface area contributed by atoms with Crippen molar-refractivity contribution in [3.63, 3.8) is 0 Å². The minimum Gasteiger partial charge on any atom is -0.507 e. The lowest BCUT2D eigenvalue weighted by atomic mass is 10.0. The third-order valence-electron chi connectivity index (χ3n) is 5.06. The molecule has 0 spiro atoms. The summed E-state index contributed by atoms with van der Waals surface area (Å²) in [5.41, 5.74) is 1.42. The van der Waals surface area contributed by atoms with Gasteiger partial charge in [-0.1, -0.05) is 24.3 Å². The minimum atomic E-state index is -0.407. The summed E-state index contributed by atoms with van der Waals surface area (Å²) >= 11 is 0. The second kappa shape index (κ2) is 9.22. The number of phenols is 1. The number of hydrogen-bond acceptors (Lipinski definition) is 5. The molecule has 0 saturated carbocycles. The first-order chi connectivity index (χ1) is 15.6. The second-order valence-corrected chi connectivity index (χ2v) is 7.03. The summed E-state index contributed by atoms with van der Waals surface area (Å²) in [7, 11) is 3.18. The average Bonchev–Trinajstić information content (AvgIpc) is 2.84. The molecule has 0 saturated heterocycles. The summed E-state index contributed by atoms with van der Waals surface area (Å²) in [6.07, 6.45) is 1.45. The predicted molar refractivity (Wildman–Crippen MR) is 127 cm³/mol. The average molecular weight is 426 g/mol. The molecule has 0 radical (unpaired) electrons. The quantitative estimate of drug-likeness (QED) is 0.323. The lowest BCUT2D eigenvalue weighted by Gasteiger charge is -2.19. The summed E-state index contributed by atoms with van der Waals surface area (Å²) in [5, 5.41) is 12.3. The van der Waals surface area contributed by atoms with E-state index in [2.05, 4.69) is 4.99 Å². The molecule has 0 aliphatic rings. The predicted octanol–water partition coefficient (Wildman–Crippen LogP) is 5.57. The Balaban J connectivity index is 1.74. The highest BCUT2D eigenvalue weighted by Gasteiger charge is 2.20. The normalized spacial score (nSPS) is 10.9. The largest absolute Gasteiger partial charge is 0.507 e. The van der Waals surface area contributed by atoms with Gasteiger partial charge in [-0.25, -0.2) is 4.99 Å². The summed E-state index contributed by atoms with van der Waals surface area (Å²) in [6.45, 7) is 0. The number of nitrogens with zero attached hydrogens (tertiary/aromatic N) is 2. The van der Waals surface area contributed by atoms with Crippen LogP contribution in [0.1, 0.15) is 10.4 Å². The number of carbonyl (C=O) groups excluding carboxylic acids is 1. The lowest BCUT2D eigenvalue weighted by Crippen LogP contribution is -2.29. The Labute approximate surface area is 186 Å². The highest BCUT2D eigenvalue weighted by Crippen LogP contribution is 2.28. The van der Waals surface area contributed by atoms with Gasteiger partial charge in [0.25, 0.3) is 5.91 Å². The molecule has 0 aliphatic carbocycles. The van der Waals surface area contributed by atoms with E-state index in [4.69, 9.17) is 9.47 Å². The molecule has 4 aromatic rings. The zero-order chi connectivity index (χ0) is 22.5. The smallest absolute Gasteiger partial charge is 0.267 e. The first-order valence-electron chi connectivity index (χ1n) is 9.96. The van der Waals surface area contributed by atoms with E-state index in [0.29, 0.717) is 22.9 Å². The highest BCUT2D eigenvalue weighted by atomic mass is 16.5. The fourth-order valence-corrected chi connectivity index (χ4v) is 3.30. The van der Waals surface area contributed by atoms with E-state index in [-0.39, 0.29) is 11.3 Å². The van der Waals surface area contributed by atoms with Crippen molar-refractivity contribution < 1.29 is 19.4 Å². The van der Waals surface area contributed by atoms with Gasteiger partial charge in [-0.15, -0.1) is 0 Å². The summed E-state index contributed by atoms with van der Waals surface area (Å²) in [6, 6.07) is 25.0. The van der Waals surface area contributed by atoms with Crippen molar-refractivity contribution in [2.24, 2.45) is 4.99 Å². The molecule has 6 nitrogen and oxygen atoms in total. The highest BCUT2D eigenvalue weighted by molar-refractivity contribution is 6.18. The summed E-state index contributed by atoms with van der Waals surface area (Å²) in [5.74, 6) is 0.885. The van der Waals surface area contributed by atoms with E-state index >= 15 is 0 Å². The number of methoxy groups -OCH3 is 2. The number of aromatic hydroxyl groups is 1. The molecule has 0 unspecified atom stereocenters. The molecule has 1 N–H and O–H groups in total. The van der Waals surface area contributed by atoms with E-state index in [1.165, 1.54) is 11.2 Å². The number of fused-ring (bicyclic) bond motifs is 1. The molecule has 0 atom stereocenters. The first-order valence-corrected chi connectivity index (χ1v) is 9.96. The number of aliphatic imine (C=N–C) groups is 1. The van der Waals surface area contributed by atoms with Gasteiger partial charge in [0.1, 0.15) is 23.6 Å². The molecular weight excluding hydrogens is 404 g/mol. The Morgan fingerprint density at radius 2 is 1.41 bits per heavy atom. The molecule has 6 heteroatoms. The number of amides is 1. The Bertz CT molecular complexity index is 1270. The molecule has 32 heavy (non-hydrogen) atoms. The molecular formula is C26H22N2O4. The van der Waals surface area contributed by atoms with Crippen molar-refractivity contribution in [1.29, 1.82) is 0 Å². The van der Waals surface area contributed by atoms with Crippen molar-refractivity contribution in [3.8, 4) is 17.2 Å². The molecule has 0 heterocycles. The number of phenolic OH excluding ortho intramolecular Hbond substituents is 1. The molecule has 4 rings (SSSR count). The SMILES string of the molecule is COc1ccc(N=CN(C(=O)c2cc3ccccc3cc2O)c2ccc(OC)cc2)cc1. The number of rotatable bonds is 6. The van der Waals surface area contributed by atoms with E-state index < -0.39 is 5.91 Å². The minimum absolute atomic E-state index is 0.0925. The van der Waals surface area contributed by atoms with Gasteiger partial charge in [0.15, 0.2) is 0 Å².